The number of aliphatic hydroxyl groups excluding tert-OH is 2. The van der Waals surface area contributed by atoms with E-state index in [0.717, 1.165) is 64.3 Å². The molecule has 2 fully saturated rings. The van der Waals surface area contributed by atoms with E-state index in [9.17, 15) is 15.0 Å². The number of morpholine rings is 1. The van der Waals surface area contributed by atoms with Gasteiger partial charge in [0.15, 0.2) is 0 Å². The molecule has 0 spiro atoms. The van der Waals surface area contributed by atoms with E-state index in [1.807, 2.05) is 6.07 Å². The number of pyridine rings is 1. The molecule has 3 aliphatic heterocycles. The number of β-amino-alcohol motifs (C(OH)–C–C–N with tert-alkyl or cyclic N) is 1. The minimum Gasteiger partial charge on any atom is -0.390 e. The van der Waals surface area contributed by atoms with E-state index in [1.54, 1.807) is 13.0 Å². The summed E-state index contributed by atoms with van der Waals surface area (Å²) in [5.74, 6) is 1.21. The van der Waals surface area contributed by atoms with Gasteiger partial charge in [-0.25, -0.2) is 4.98 Å². The number of aliphatic hydroxyl groups is 2. The number of carbonyl (C=O) groups is 1. The number of nitrogens with zero attached hydrogens (tertiary/aromatic N) is 4. The lowest BCUT2D eigenvalue weighted by molar-refractivity contribution is 0.00476. The highest BCUT2D eigenvalue weighted by atomic mass is 16.5. The van der Waals surface area contributed by atoms with Crippen molar-refractivity contribution in [2.45, 2.75) is 51.1 Å². The lowest BCUT2D eigenvalue weighted by atomic mass is 10.00. The molecule has 39 heavy (non-hydrogen) atoms. The summed E-state index contributed by atoms with van der Waals surface area (Å²) in [6.45, 7) is 8.56. The molecule has 0 saturated carbocycles. The largest absolute Gasteiger partial charge is 0.390 e. The first-order valence-corrected chi connectivity index (χ1v) is 14.2. The molecule has 4 heterocycles. The highest BCUT2D eigenvalue weighted by Crippen LogP contribution is 2.23. The summed E-state index contributed by atoms with van der Waals surface area (Å²) in [6, 6.07) is 12.3. The zero-order valence-electron chi connectivity index (χ0n) is 22.9. The topological polar surface area (TPSA) is 113 Å². The summed E-state index contributed by atoms with van der Waals surface area (Å²) in [4.78, 5) is 24.5. The molecule has 1 aromatic carbocycles. The maximum absolute atomic E-state index is 13.2. The van der Waals surface area contributed by atoms with E-state index in [1.165, 1.54) is 11.1 Å². The number of nitrogens with one attached hydrogen (secondary N) is 2. The fraction of sp³-hybridized carbons (Fsp3) is 0.586. The molecule has 0 aliphatic carbocycles. The average molecular weight is 539 g/mol. The zero-order valence-corrected chi connectivity index (χ0v) is 22.9. The quantitative estimate of drug-likeness (QED) is 0.375. The van der Waals surface area contributed by atoms with Gasteiger partial charge in [-0.1, -0.05) is 24.3 Å². The fourth-order valence-electron chi connectivity index (χ4n) is 5.69. The molecule has 5 rings (SSSR count). The van der Waals surface area contributed by atoms with Crippen molar-refractivity contribution >= 4 is 17.5 Å². The van der Waals surface area contributed by atoms with Crippen LogP contribution in [0.3, 0.4) is 0 Å². The predicted molar refractivity (Wildman–Crippen MR) is 151 cm³/mol. The lowest BCUT2D eigenvalue weighted by Gasteiger charge is -2.34. The molecule has 1 unspecified atom stereocenters. The molecule has 4 N–H and O–H groups in total. The number of aromatic nitrogens is 1. The number of anilines is 2. The number of hydrogen-bond donors (Lipinski definition) is 4. The molecule has 10 heteroatoms. The number of amides is 1. The van der Waals surface area contributed by atoms with E-state index in [0.29, 0.717) is 31.1 Å². The van der Waals surface area contributed by atoms with Crippen molar-refractivity contribution in [3.05, 3.63) is 53.1 Å². The highest BCUT2D eigenvalue weighted by molar-refractivity contribution is 5.95. The van der Waals surface area contributed by atoms with Gasteiger partial charge < -0.3 is 30.5 Å². The first-order chi connectivity index (χ1) is 18.9. The molecule has 1 aromatic heterocycles. The summed E-state index contributed by atoms with van der Waals surface area (Å²) < 4.78 is 5.51. The molecule has 3 aliphatic rings. The van der Waals surface area contributed by atoms with Gasteiger partial charge in [0.1, 0.15) is 17.9 Å². The van der Waals surface area contributed by atoms with Crippen molar-refractivity contribution in [2.75, 3.05) is 69.2 Å². The van der Waals surface area contributed by atoms with Crippen LogP contribution in [0.15, 0.2) is 36.4 Å². The molecule has 1 amide bonds. The number of hydrogen-bond acceptors (Lipinski definition) is 9. The van der Waals surface area contributed by atoms with E-state index in [2.05, 4.69) is 49.6 Å². The van der Waals surface area contributed by atoms with Gasteiger partial charge in [0.2, 0.25) is 0 Å². The van der Waals surface area contributed by atoms with Gasteiger partial charge in [0.25, 0.3) is 5.91 Å². The van der Waals surface area contributed by atoms with Crippen LogP contribution >= 0.6 is 0 Å². The third kappa shape index (κ3) is 7.46. The van der Waals surface area contributed by atoms with Crippen molar-refractivity contribution in [1.82, 2.24) is 20.1 Å². The van der Waals surface area contributed by atoms with Crippen molar-refractivity contribution < 1.29 is 19.7 Å². The van der Waals surface area contributed by atoms with Gasteiger partial charge in [-0.3, -0.25) is 14.6 Å². The second-order valence-corrected chi connectivity index (χ2v) is 10.9. The monoisotopic (exact) mass is 538 g/mol. The van der Waals surface area contributed by atoms with Crippen molar-refractivity contribution in [2.24, 2.45) is 0 Å². The Bertz CT molecular complexity index is 1100. The van der Waals surface area contributed by atoms with Crippen molar-refractivity contribution in [3.8, 4) is 0 Å². The Morgan fingerprint density at radius 2 is 1.82 bits per heavy atom. The highest BCUT2D eigenvalue weighted by Gasteiger charge is 2.24. The van der Waals surface area contributed by atoms with Gasteiger partial charge >= 0.3 is 0 Å². The van der Waals surface area contributed by atoms with Crippen LogP contribution in [0, 0.1) is 0 Å². The van der Waals surface area contributed by atoms with Gasteiger partial charge in [-0.05, 0) is 49.4 Å². The lowest BCUT2D eigenvalue weighted by Crippen LogP contribution is -2.43. The first-order valence-electron chi connectivity index (χ1n) is 14.2. The average Bonchev–Trinajstić information content (AvgIpc) is 2.96. The Labute approximate surface area is 231 Å². The van der Waals surface area contributed by atoms with E-state index in [4.69, 9.17) is 9.72 Å². The van der Waals surface area contributed by atoms with E-state index < -0.39 is 12.3 Å². The third-order valence-corrected chi connectivity index (χ3v) is 8.00. The molecular formula is C29H42N6O4. The molecule has 0 bridgehead atoms. The summed E-state index contributed by atoms with van der Waals surface area (Å²) >= 11 is 0. The SMILES string of the molecule is CC(O)N1CCC(Nc2cc(C(=O)NC[C@H](O)CN3CCc4ccccc4C3)cc(N3CCOCC3)n2)CC1. The van der Waals surface area contributed by atoms with Crippen molar-refractivity contribution in [1.29, 1.82) is 0 Å². The molecule has 2 aromatic rings. The standard InChI is InChI=1S/C29H42N6O4/c1-21(36)34-10-7-25(8-11-34)31-27-16-24(17-28(32-27)35-12-14-39-15-13-35)29(38)30-18-26(37)20-33-9-6-22-4-2-3-5-23(22)19-33/h2-5,16-17,21,25-26,36-37H,6-15,18-20H2,1H3,(H,30,38)(H,31,32)/t21?,26-/m0/s1. The summed E-state index contributed by atoms with van der Waals surface area (Å²) in [7, 11) is 0. The minimum atomic E-state index is -0.656. The number of carbonyl (C=O) groups excluding carboxylic acids is 1. The maximum atomic E-state index is 13.2. The van der Waals surface area contributed by atoms with E-state index >= 15 is 0 Å². The van der Waals surface area contributed by atoms with Gasteiger partial charge in [-0.15, -0.1) is 0 Å². The second kappa shape index (κ2) is 13.1. The Kier molecular flexibility index (Phi) is 9.31. The van der Waals surface area contributed by atoms with Crippen LogP contribution in [0.4, 0.5) is 11.6 Å². The number of ether oxygens (including phenoxy) is 1. The normalized spacial score (nSPS) is 20.7. The Morgan fingerprint density at radius 3 is 2.56 bits per heavy atom. The maximum Gasteiger partial charge on any atom is 0.251 e. The molecule has 10 nitrogen and oxygen atoms in total. The summed E-state index contributed by atoms with van der Waals surface area (Å²) in [5.41, 5.74) is 3.21. The summed E-state index contributed by atoms with van der Waals surface area (Å²) in [6.07, 6.45) is 1.66. The van der Waals surface area contributed by atoms with Crippen LogP contribution in [0.5, 0.6) is 0 Å². The van der Waals surface area contributed by atoms with Crippen LogP contribution in [-0.4, -0.2) is 108 Å². The number of rotatable bonds is 9. The van der Waals surface area contributed by atoms with Crippen LogP contribution in [0.2, 0.25) is 0 Å². The Hall–Kier alpha value is -2.76. The zero-order chi connectivity index (χ0) is 27.2. The summed E-state index contributed by atoms with van der Waals surface area (Å²) in [5, 5.41) is 27.0. The Morgan fingerprint density at radius 1 is 1.08 bits per heavy atom. The van der Waals surface area contributed by atoms with Gasteiger partial charge in [0, 0.05) is 64.0 Å². The number of fused-ring (bicyclic) bond motifs is 1. The van der Waals surface area contributed by atoms with Crippen molar-refractivity contribution in [3.63, 3.8) is 0 Å². The van der Waals surface area contributed by atoms with Crippen LogP contribution < -0.4 is 15.5 Å². The molecule has 212 valence electrons. The Balaban J connectivity index is 1.20. The third-order valence-electron chi connectivity index (χ3n) is 8.00. The fourth-order valence-corrected chi connectivity index (χ4v) is 5.69. The van der Waals surface area contributed by atoms with Crippen LogP contribution in [0.25, 0.3) is 0 Å². The van der Waals surface area contributed by atoms with Crippen LogP contribution in [-0.2, 0) is 17.7 Å². The molecule has 0 radical (unpaired) electrons. The minimum absolute atomic E-state index is 0.187. The van der Waals surface area contributed by atoms with Gasteiger partial charge in [-0.2, -0.15) is 0 Å². The molecule has 2 saturated heterocycles. The van der Waals surface area contributed by atoms with Gasteiger partial charge in [0.05, 0.1) is 19.3 Å². The second-order valence-electron chi connectivity index (χ2n) is 10.9. The molecule has 2 atom stereocenters. The number of likely N-dealkylation sites (tertiary alicyclic amines) is 1. The van der Waals surface area contributed by atoms with Crippen LogP contribution in [0.1, 0.15) is 41.3 Å². The first kappa shape index (κ1) is 27.8. The molecular weight excluding hydrogens is 496 g/mol. The number of benzene rings is 1. The smallest absolute Gasteiger partial charge is 0.251 e. The van der Waals surface area contributed by atoms with E-state index in [-0.39, 0.29) is 18.5 Å². The number of piperidine rings is 1. The predicted octanol–water partition coefficient (Wildman–Crippen LogP) is 1.28.